The van der Waals surface area contributed by atoms with E-state index in [0.29, 0.717) is 30.0 Å². The van der Waals surface area contributed by atoms with Crippen molar-refractivity contribution >= 4 is 17.5 Å². The molecule has 0 aliphatic carbocycles. The van der Waals surface area contributed by atoms with Crippen LogP contribution >= 0.6 is 0 Å². The molecule has 1 aliphatic heterocycles. The highest BCUT2D eigenvalue weighted by Gasteiger charge is 2.39. The van der Waals surface area contributed by atoms with Crippen LogP contribution < -0.4 is 10.6 Å². The van der Waals surface area contributed by atoms with Crippen LogP contribution in [0.25, 0.3) is 11.1 Å². The molecule has 3 N–H and O–H groups in total. The minimum absolute atomic E-state index is 0.0529. The van der Waals surface area contributed by atoms with Gasteiger partial charge < -0.3 is 15.7 Å². The Bertz CT molecular complexity index is 1180. The number of aromatic carboxylic acids is 1. The second kappa shape index (κ2) is 8.80. The Morgan fingerprint density at radius 2 is 1.97 bits per heavy atom. The van der Waals surface area contributed by atoms with E-state index in [-0.39, 0.29) is 24.6 Å². The first-order valence-corrected chi connectivity index (χ1v) is 10.9. The van der Waals surface area contributed by atoms with Gasteiger partial charge in [0.25, 0.3) is 5.92 Å². The number of carboxylic acids is 1. The Balaban J connectivity index is 1.63. The molecular weight excluding hydrogens is 428 g/mol. The third-order valence-corrected chi connectivity index (χ3v) is 5.94. The normalized spacial score (nSPS) is 15.4. The number of hydrogen-bond donors (Lipinski definition) is 2. The maximum absolute atomic E-state index is 13.7. The number of carboxylic acid groups (broad SMARTS) is 1. The molecule has 1 aliphatic rings. The molecule has 0 unspecified atom stereocenters. The van der Waals surface area contributed by atoms with Crippen molar-refractivity contribution in [2.45, 2.75) is 45.1 Å². The molecule has 0 amide bonds. The number of carbonyl (C=O) groups is 1. The first kappa shape index (κ1) is 22.7. The molecule has 1 aromatic carbocycles. The summed E-state index contributed by atoms with van der Waals surface area (Å²) in [5, 5.41) is 14.0. The zero-order valence-electron chi connectivity index (χ0n) is 18.6. The van der Waals surface area contributed by atoms with Crippen molar-refractivity contribution in [3.05, 3.63) is 59.5 Å². The first-order valence-electron chi connectivity index (χ1n) is 10.9. The number of alkyl halides is 2. The van der Waals surface area contributed by atoms with Gasteiger partial charge in [-0.2, -0.15) is 5.10 Å². The molecular formula is C24H27F2N5O2. The fourth-order valence-corrected chi connectivity index (χ4v) is 4.18. The smallest absolute Gasteiger partial charge is 0.339 e. The standard InChI is InChI=1S/C24H27F2N5O2/c1-15(2)31-13-19(23(32)33)20(29-31)8-7-16-5-3-4-6-17(16)18-9-11-28-22(21(18)27)30-12-10-24(25,26)14-30/h3-6,9,11,13,15H,7-8,10,12,14,27H2,1-2H3,(H,32,33). The number of rotatable bonds is 7. The summed E-state index contributed by atoms with van der Waals surface area (Å²) in [6, 6.07) is 9.51. The van der Waals surface area contributed by atoms with Crippen molar-refractivity contribution in [3.8, 4) is 11.1 Å². The van der Waals surface area contributed by atoms with E-state index in [4.69, 9.17) is 5.73 Å². The van der Waals surface area contributed by atoms with Gasteiger partial charge in [0.15, 0.2) is 5.82 Å². The summed E-state index contributed by atoms with van der Waals surface area (Å²) >= 11 is 0. The number of nitrogens with zero attached hydrogens (tertiary/aromatic N) is 4. The summed E-state index contributed by atoms with van der Waals surface area (Å²) in [7, 11) is 0. The molecule has 3 heterocycles. The Morgan fingerprint density at radius 1 is 1.21 bits per heavy atom. The van der Waals surface area contributed by atoms with E-state index in [0.717, 1.165) is 16.7 Å². The van der Waals surface area contributed by atoms with Gasteiger partial charge in [-0.05, 0) is 43.9 Å². The lowest BCUT2D eigenvalue weighted by Gasteiger charge is -2.21. The van der Waals surface area contributed by atoms with Crippen LogP contribution in [0.1, 0.15) is 47.9 Å². The second-order valence-corrected chi connectivity index (χ2v) is 8.65. The van der Waals surface area contributed by atoms with Crippen LogP contribution in [0.15, 0.2) is 42.7 Å². The number of hydrogen-bond acceptors (Lipinski definition) is 5. The summed E-state index contributed by atoms with van der Waals surface area (Å²) in [5.41, 5.74) is 10.0. The third-order valence-electron chi connectivity index (χ3n) is 5.94. The molecule has 4 rings (SSSR count). The van der Waals surface area contributed by atoms with Gasteiger partial charge in [-0.3, -0.25) is 4.68 Å². The number of aryl methyl sites for hydroxylation is 2. The van der Waals surface area contributed by atoms with Crippen molar-refractivity contribution in [2.75, 3.05) is 23.7 Å². The average molecular weight is 456 g/mol. The molecule has 1 fully saturated rings. The topological polar surface area (TPSA) is 97.3 Å². The summed E-state index contributed by atoms with van der Waals surface area (Å²) in [6.45, 7) is 3.69. The largest absolute Gasteiger partial charge is 0.478 e. The predicted octanol–water partition coefficient (Wildman–Crippen LogP) is 4.44. The Labute approximate surface area is 190 Å². The zero-order valence-corrected chi connectivity index (χ0v) is 18.6. The van der Waals surface area contributed by atoms with E-state index >= 15 is 0 Å². The maximum atomic E-state index is 13.7. The van der Waals surface area contributed by atoms with E-state index in [1.807, 2.05) is 38.1 Å². The number of aromatic nitrogens is 3. The number of nitrogen functional groups attached to an aromatic ring is 1. The van der Waals surface area contributed by atoms with Crippen LogP contribution in [-0.4, -0.2) is 44.9 Å². The minimum Gasteiger partial charge on any atom is -0.478 e. The fourth-order valence-electron chi connectivity index (χ4n) is 4.18. The Morgan fingerprint density at radius 3 is 2.64 bits per heavy atom. The van der Waals surface area contributed by atoms with E-state index in [1.54, 1.807) is 23.1 Å². The van der Waals surface area contributed by atoms with Gasteiger partial charge in [-0.1, -0.05) is 24.3 Å². The van der Waals surface area contributed by atoms with Crippen LogP contribution in [0.5, 0.6) is 0 Å². The molecule has 1 saturated heterocycles. The van der Waals surface area contributed by atoms with Gasteiger partial charge in [-0.25, -0.2) is 18.6 Å². The fraction of sp³-hybridized carbons (Fsp3) is 0.375. The van der Waals surface area contributed by atoms with Gasteiger partial charge in [0.05, 0.1) is 17.9 Å². The molecule has 33 heavy (non-hydrogen) atoms. The second-order valence-electron chi connectivity index (χ2n) is 8.65. The zero-order chi connectivity index (χ0) is 23.8. The van der Waals surface area contributed by atoms with Gasteiger partial charge in [0, 0.05) is 37.0 Å². The molecule has 2 aromatic heterocycles. The van der Waals surface area contributed by atoms with Crippen molar-refractivity contribution < 1.29 is 18.7 Å². The van der Waals surface area contributed by atoms with E-state index in [1.165, 1.54) is 4.90 Å². The lowest BCUT2D eigenvalue weighted by molar-refractivity contribution is 0.0256. The van der Waals surface area contributed by atoms with Gasteiger partial charge >= 0.3 is 5.97 Å². The van der Waals surface area contributed by atoms with E-state index < -0.39 is 18.4 Å². The maximum Gasteiger partial charge on any atom is 0.339 e. The number of pyridine rings is 1. The van der Waals surface area contributed by atoms with Crippen LogP contribution in [0.2, 0.25) is 0 Å². The molecule has 9 heteroatoms. The summed E-state index contributed by atoms with van der Waals surface area (Å²) in [5.74, 6) is -3.39. The molecule has 174 valence electrons. The number of anilines is 2. The van der Waals surface area contributed by atoms with Crippen molar-refractivity contribution in [1.29, 1.82) is 0 Å². The van der Waals surface area contributed by atoms with Crippen LogP contribution in [-0.2, 0) is 12.8 Å². The molecule has 0 atom stereocenters. The van der Waals surface area contributed by atoms with E-state index in [9.17, 15) is 18.7 Å². The number of nitrogens with two attached hydrogens (primary N) is 1. The Kier molecular flexibility index (Phi) is 6.05. The quantitative estimate of drug-likeness (QED) is 0.547. The van der Waals surface area contributed by atoms with Crippen molar-refractivity contribution in [2.24, 2.45) is 0 Å². The third kappa shape index (κ3) is 4.67. The highest BCUT2D eigenvalue weighted by molar-refractivity contribution is 5.88. The Hall–Kier alpha value is -3.49. The molecule has 0 spiro atoms. The molecule has 0 radical (unpaired) electrons. The average Bonchev–Trinajstić information content (AvgIpc) is 3.36. The summed E-state index contributed by atoms with van der Waals surface area (Å²) < 4.78 is 29.1. The van der Waals surface area contributed by atoms with Crippen LogP contribution in [0.3, 0.4) is 0 Å². The lowest BCUT2D eigenvalue weighted by Crippen LogP contribution is -2.26. The van der Waals surface area contributed by atoms with Crippen molar-refractivity contribution in [3.63, 3.8) is 0 Å². The highest BCUT2D eigenvalue weighted by Crippen LogP contribution is 2.38. The SMILES string of the molecule is CC(C)n1cc(C(=O)O)c(CCc2ccccc2-c2ccnc(N3CCC(F)(F)C3)c2N)n1. The van der Waals surface area contributed by atoms with Gasteiger partial charge in [0.2, 0.25) is 0 Å². The summed E-state index contributed by atoms with van der Waals surface area (Å²) in [4.78, 5) is 17.5. The van der Waals surface area contributed by atoms with Gasteiger partial charge in [-0.15, -0.1) is 0 Å². The van der Waals surface area contributed by atoms with Crippen LogP contribution in [0.4, 0.5) is 20.3 Å². The summed E-state index contributed by atoms with van der Waals surface area (Å²) in [6.07, 6.45) is 3.91. The monoisotopic (exact) mass is 455 g/mol. The first-order chi connectivity index (χ1) is 15.7. The number of halogens is 2. The molecule has 3 aromatic rings. The lowest BCUT2D eigenvalue weighted by atomic mass is 9.95. The molecule has 7 nitrogen and oxygen atoms in total. The highest BCUT2D eigenvalue weighted by atomic mass is 19.3. The van der Waals surface area contributed by atoms with E-state index in [2.05, 4.69) is 10.1 Å². The van der Waals surface area contributed by atoms with Crippen LogP contribution in [0, 0.1) is 0 Å². The number of benzene rings is 1. The minimum atomic E-state index is -2.75. The molecule has 0 bridgehead atoms. The van der Waals surface area contributed by atoms with Gasteiger partial charge in [0.1, 0.15) is 5.56 Å². The molecule has 0 saturated carbocycles. The predicted molar refractivity (Wildman–Crippen MR) is 123 cm³/mol. The van der Waals surface area contributed by atoms with Crippen molar-refractivity contribution in [1.82, 2.24) is 14.8 Å².